The number of carbonyl (C=O) groups is 6. The molecule has 1 aliphatic carbocycles. The minimum Gasteiger partial charge on any atom is -0.460 e. The Hall–Kier alpha value is -5.04. The first-order valence-electron chi connectivity index (χ1n) is 16.7. The van der Waals surface area contributed by atoms with Crippen LogP contribution in [0.2, 0.25) is 0 Å². The molecular weight excluding hydrogens is 646 g/mol. The average molecular weight is 692 g/mol. The lowest BCUT2D eigenvalue weighted by Crippen LogP contribution is -2.53. The summed E-state index contributed by atoms with van der Waals surface area (Å²) in [6.45, 7) is 9.32. The van der Waals surface area contributed by atoms with Crippen molar-refractivity contribution in [1.29, 1.82) is 0 Å². The fraction of sp³-hybridized carbons (Fsp3) is 0.459. The predicted octanol–water partition coefficient (Wildman–Crippen LogP) is 3.44. The predicted molar refractivity (Wildman–Crippen MR) is 182 cm³/mol. The maximum atomic E-state index is 13.7. The molecule has 50 heavy (non-hydrogen) atoms. The van der Waals surface area contributed by atoms with Gasteiger partial charge in [0.15, 0.2) is 0 Å². The SMILES string of the molecule is C=CCOC(=O)CNC(=O)C(=O)[C@H](CCC)NC(=O)[C@@H]1C[C@@H](OCC(=O)OC(C)(C)C)CN1C(=O)OCC1c2ccccc2-c2ccccc21. The Labute approximate surface area is 291 Å². The number of benzene rings is 2. The normalized spacial score (nSPS) is 17.2. The second-order valence-corrected chi connectivity index (χ2v) is 13.1. The standard InChI is InChI=1S/C37H45N3O10/c1-6-12-29(33(43)35(45)38-19-31(41)47-17-7-2)39-34(44)30-18-23(48-22-32(42)50-37(3,4)5)20-40(30)36(46)49-21-28-26-15-10-8-13-24(26)25-14-9-11-16-27(25)28/h7-11,13-16,23,28-30H,2,6,12,17-22H2,1,3-5H3,(H,38,45)(H,39,44)/t23-,29+,30+/m1/s1. The zero-order valence-electron chi connectivity index (χ0n) is 28.9. The number of esters is 2. The maximum Gasteiger partial charge on any atom is 0.410 e. The van der Waals surface area contributed by atoms with Crippen molar-refractivity contribution in [3.63, 3.8) is 0 Å². The summed E-state index contributed by atoms with van der Waals surface area (Å²) in [5, 5.41) is 4.82. The molecule has 3 atom stereocenters. The van der Waals surface area contributed by atoms with E-state index in [2.05, 4.69) is 17.2 Å². The minimum atomic E-state index is -1.23. The van der Waals surface area contributed by atoms with Crippen LogP contribution in [0.1, 0.15) is 64.0 Å². The summed E-state index contributed by atoms with van der Waals surface area (Å²) in [7, 11) is 0. The van der Waals surface area contributed by atoms with Crippen molar-refractivity contribution >= 4 is 35.6 Å². The number of likely N-dealkylation sites (tertiary alicyclic amines) is 1. The smallest absolute Gasteiger partial charge is 0.410 e. The lowest BCUT2D eigenvalue weighted by Gasteiger charge is -2.26. The van der Waals surface area contributed by atoms with Crippen LogP contribution in [0, 0.1) is 0 Å². The summed E-state index contributed by atoms with van der Waals surface area (Å²) >= 11 is 0. The number of fused-ring (bicyclic) bond motifs is 3. The van der Waals surface area contributed by atoms with Gasteiger partial charge in [-0.15, -0.1) is 0 Å². The van der Waals surface area contributed by atoms with Crippen molar-refractivity contribution in [3.05, 3.63) is 72.3 Å². The van der Waals surface area contributed by atoms with Crippen LogP contribution in [-0.4, -0.2) is 97.2 Å². The van der Waals surface area contributed by atoms with E-state index in [0.29, 0.717) is 6.42 Å². The molecule has 0 radical (unpaired) electrons. The highest BCUT2D eigenvalue weighted by Crippen LogP contribution is 2.44. The maximum absolute atomic E-state index is 13.7. The molecule has 0 spiro atoms. The van der Waals surface area contributed by atoms with E-state index in [1.54, 1.807) is 27.7 Å². The van der Waals surface area contributed by atoms with Gasteiger partial charge in [0, 0.05) is 12.3 Å². The third-order valence-electron chi connectivity index (χ3n) is 8.18. The summed E-state index contributed by atoms with van der Waals surface area (Å²) in [6, 6.07) is 13.4. The lowest BCUT2D eigenvalue weighted by molar-refractivity contribution is -0.162. The van der Waals surface area contributed by atoms with Gasteiger partial charge in [-0.05, 0) is 49.4 Å². The first kappa shape index (κ1) is 37.8. The quantitative estimate of drug-likeness (QED) is 0.122. The van der Waals surface area contributed by atoms with Crippen LogP contribution in [-0.2, 0) is 42.9 Å². The summed E-state index contributed by atoms with van der Waals surface area (Å²) in [5.41, 5.74) is 3.42. The highest BCUT2D eigenvalue weighted by atomic mass is 16.6. The van der Waals surface area contributed by atoms with Gasteiger partial charge in [-0.25, -0.2) is 9.59 Å². The lowest BCUT2D eigenvalue weighted by atomic mass is 9.98. The Bertz CT molecular complexity index is 1550. The molecule has 0 aromatic heterocycles. The van der Waals surface area contributed by atoms with Gasteiger partial charge in [-0.1, -0.05) is 74.5 Å². The zero-order valence-corrected chi connectivity index (χ0v) is 28.9. The van der Waals surface area contributed by atoms with Gasteiger partial charge in [0.05, 0.1) is 18.7 Å². The average Bonchev–Trinajstić information content (AvgIpc) is 3.66. The molecule has 1 aliphatic heterocycles. The van der Waals surface area contributed by atoms with Crippen LogP contribution in [0.15, 0.2) is 61.2 Å². The van der Waals surface area contributed by atoms with Gasteiger partial charge in [0.25, 0.3) is 5.91 Å². The summed E-state index contributed by atoms with van der Waals surface area (Å²) in [4.78, 5) is 78.4. The van der Waals surface area contributed by atoms with E-state index >= 15 is 0 Å². The highest BCUT2D eigenvalue weighted by Gasteiger charge is 2.43. The molecule has 0 saturated carbocycles. The van der Waals surface area contributed by atoms with Gasteiger partial charge in [-0.3, -0.25) is 24.1 Å². The van der Waals surface area contributed by atoms with Crippen LogP contribution in [0.25, 0.3) is 11.1 Å². The van der Waals surface area contributed by atoms with Gasteiger partial charge in [0.1, 0.15) is 38.0 Å². The van der Waals surface area contributed by atoms with E-state index in [1.165, 1.54) is 11.0 Å². The van der Waals surface area contributed by atoms with Crippen LogP contribution < -0.4 is 10.6 Å². The molecule has 3 amide bonds. The topological polar surface area (TPSA) is 167 Å². The second-order valence-electron chi connectivity index (χ2n) is 13.1. The van der Waals surface area contributed by atoms with Crippen LogP contribution in [0.3, 0.4) is 0 Å². The van der Waals surface area contributed by atoms with Crippen LogP contribution >= 0.6 is 0 Å². The van der Waals surface area contributed by atoms with Gasteiger partial charge >= 0.3 is 18.0 Å². The number of hydrogen-bond donors (Lipinski definition) is 2. The van der Waals surface area contributed by atoms with E-state index in [4.69, 9.17) is 18.9 Å². The molecule has 1 fully saturated rings. The molecular formula is C37H45N3O10. The number of nitrogens with zero attached hydrogens (tertiary/aromatic N) is 1. The Kier molecular flexibility index (Phi) is 12.9. The molecule has 1 saturated heterocycles. The monoisotopic (exact) mass is 691 g/mol. The van der Waals surface area contributed by atoms with Crippen molar-refractivity contribution in [2.24, 2.45) is 0 Å². The molecule has 4 rings (SSSR count). The number of hydrogen-bond acceptors (Lipinski definition) is 10. The number of amides is 3. The Morgan fingerprint density at radius 3 is 2.20 bits per heavy atom. The van der Waals surface area contributed by atoms with Crippen molar-refractivity contribution in [2.75, 3.05) is 32.9 Å². The van der Waals surface area contributed by atoms with E-state index in [1.807, 2.05) is 48.5 Å². The first-order chi connectivity index (χ1) is 23.8. The van der Waals surface area contributed by atoms with Crippen molar-refractivity contribution < 1.29 is 47.7 Å². The largest absolute Gasteiger partial charge is 0.460 e. The third kappa shape index (κ3) is 9.78. The fourth-order valence-corrected chi connectivity index (χ4v) is 6.03. The number of ketones is 1. The number of Topliss-reactive ketones (excluding diaryl/α,β-unsaturated/α-hetero) is 1. The molecule has 2 aromatic rings. The van der Waals surface area contributed by atoms with Crippen molar-refractivity contribution in [1.82, 2.24) is 15.5 Å². The number of rotatable bonds is 15. The molecule has 2 N–H and O–H groups in total. The minimum absolute atomic E-state index is 0.00674. The van der Waals surface area contributed by atoms with E-state index in [0.717, 1.165) is 22.3 Å². The number of carbonyl (C=O) groups excluding carboxylic acids is 6. The van der Waals surface area contributed by atoms with Crippen molar-refractivity contribution in [2.45, 2.75) is 76.7 Å². The van der Waals surface area contributed by atoms with Crippen molar-refractivity contribution in [3.8, 4) is 11.1 Å². The molecule has 268 valence electrons. The van der Waals surface area contributed by atoms with E-state index < -0.39 is 72.6 Å². The van der Waals surface area contributed by atoms with E-state index in [-0.39, 0.29) is 38.5 Å². The van der Waals surface area contributed by atoms with E-state index in [9.17, 15) is 28.8 Å². The molecule has 2 aromatic carbocycles. The van der Waals surface area contributed by atoms with Gasteiger partial charge < -0.3 is 29.6 Å². The summed E-state index contributed by atoms with van der Waals surface area (Å²) < 4.78 is 21.8. The van der Waals surface area contributed by atoms with Crippen LogP contribution in [0.5, 0.6) is 0 Å². The Balaban J connectivity index is 1.47. The third-order valence-corrected chi connectivity index (χ3v) is 8.18. The number of ether oxygens (including phenoxy) is 4. The molecule has 0 unspecified atom stereocenters. The zero-order chi connectivity index (χ0) is 36.4. The Morgan fingerprint density at radius 2 is 1.60 bits per heavy atom. The highest BCUT2D eigenvalue weighted by molar-refractivity contribution is 6.38. The molecule has 2 aliphatic rings. The molecule has 1 heterocycles. The van der Waals surface area contributed by atoms with Gasteiger partial charge in [0.2, 0.25) is 11.7 Å². The second kappa shape index (κ2) is 17.1. The summed E-state index contributed by atoms with van der Waals surface area (Å²) in [5.74, 6) is -4.32. The molecule has 13 nitrogen and oxygen atoms in total. The van der Waals surface area contributed by atoms with Crippen LogP contribution in [0.4, 0.5) is 4.79 Å². The Morgan fingerprint density at radius 1 is 0.960 bits per heavy atom. The number of nitrogens with one attached hydrogen (secondary N) is 2. The fourth-order valence-electron chi connectivity index (χ4n) is 6.03. The van der Waals surface area contributed by atoms with Gasteiger partial charge in [-0.2, -0.15) is 0 Å². The molecule has 13 heteroatoms. The summed E-state index contributed by atoms with van der Waals surface area (Å²) in [6.07, 6.45) is 0.406. The first-order valence-corrected chi connectivity index (χ1v) is 16.7. The molecule has 0 bridgehead atoms.